The number of aliphatic imine (C=N–C) groups is 2. The van der Waals surface area contributed by atoms with Crippen LogP contribution < -0.4 is 31.9 Å². The molecule has 3 aromatic carbocycles. The van der Waals surface area contributed by atoms with E-state index in [4.69, 9.17) is 0 Å². The van der Waals surface area contributed by atoms with Crippen molar-refractivity contribution in [1.82, 2.24) is 10.6 Å². The van der Waals surface area contributed by atoms with Crippen LogP contribution in [0.4, 0.5) is 32.3 Å². The Morgan fingerprint density at radius 1 is 0.568 bits per heavy atom. The number of urea groups is 2. The van der Waals surface area contributed by atoms with E-state index in [0.717, 1.165) is 22.8 Å². The summed E-state index contributed by atoms with van der Waals surface area (Å²) in [5, 5.41) is 17.2. The molecule has 0 heterocycles. The molecule has 194 valence electrons. The Labute approximate surface area is 222 Å². The fourth-order valence-electron chi connectivity index (χ4n) is 3.48. The van der Waals surface area contributed by atoms with E-state index < -0.39 is 0 Å². The number of hydrogen-bond acceptors (Lipinski definition) is 4. The molecule has 0 bridgehead atoms. The lowest BCUT2D eigenvalue weighted by Gasteiger charge is -2.12. The largest absolute Gasteiger partial charge is 0.373 e. The van der Waals surface area contributed by atoms with E-state index >= 15 is 0 Å². The molecule has 0 radical (unpaired) electrons. The van der Waals surface area contributed by atoms with Gasteiger partial charge in [0.1, 0.15) is 11.7 Å². The zero-order valence-corrected chi connectivity index (χ0v) is 21.9. The molecular weight excluding hydrogens is 492 g/mol. The van der Waals surface area contributed by atoms with Crippen molar-refractivity contribution in [3.8, 4) is 0 Å². The molecule has 4 amide bonds. The third kappa shape index (κ3) is 8.25. The number of anilines is 4. The molecule has 0 aliphatic carbocycles. The Morgan fingerprint density at radius 3 is 1.24 bits per heavy atom. The highest BCUT2D eigenvalue weighted by Gasteiger charge is 2.08. The summed E-state index contributed by atoms with van der Waals surface area (Å²) in [5.74, 6) is 1.44. The highest BCUT2D eigenvalue weighted by molar-refractivity contribution is 6.04. The van der Waals surface area contributed by atoms with Gasteiger partial charge in [0, 0.05) is 62.1 Å². The molecule has 10 nitrogen and oxygen atoms in total. The predicted molar refractivity (Wildman–Crippen MR) is 155 cm³/mol. The van der Waals surface area contributed by atoms with Gasteiger partial charge in [0.05, 0.1) is 0 Å². The number of nitrogens with zero attached hydrogens (tertiary/aromatic N) is 2. The van der Waals surface area contributed by atoms with Crippen LogP contribution in [-0.4, -0.2) is 51.9 Å². The standard InChI is InChI=1S/C26H30N8O2.ClH/c1-27-23(28-2)17-7-5-9-21(15-17)33-25(35)31-19-11-13-20(14-12-19)32-26(36)34-22-10-6-8-18(16-22)24(29-3)30-4;/h5-16H,1-4H3,(H,27,28)(H,29,30)(H2,31,33,35)(H2,32,34,36);1H. The van der Waals surface area contributed by atoms with Gasteiger partial charge < -0.3 is 31.9 Å². The van der Waals surface area contributed by atoms with Crippen LogP contribution in [0.1, 0.15) is 11.1 Å². The number of carbonyl (C=O) groups excluding carboxylic acids is 2. The van der Waals surface area contributed by atoms with Crippen LogP contribution >= 0.6 is 12.4 Å². The molecule has 3 rings (SSSR count). The van der Waals surface area contributed by atoms with Crippen LogP contribution in [0.25, 0.3) is 0 Å². The van der Waals surface area contributed by atoms with E-state index in [1.165, 1.54) is 0 Å². The number of rotatable bonds is 6. The van der Waals surface area contributed by atoms with Crippen molar-refractivity contribution >= 4 is 58.9 Å². The molecule has 0 aromatic heterocycles. The first-order chi connectivity index (χ1) is 17.4. The van der Waals surface area contributed by atoms with Crippen LogP contribution in [0.3, 0.4) is 0 Å². The number of hydrogen-bond donors (Lipinski definition) is 6. The number of benzene rings is 3. The maximum Gasteiger partial charge on any atom is 0.323 e. The van der Waals surface area contributed by atoms with Gasteiger partial charge in [-0.2, -0.15) is 0 Å². The molecule has 0 aliphatic rings. The lowest BCUT2D eigenvalue weighted by molar-refractivity contribution is 0.261. The third-order valence-corrected chi connectivity index (χ3v) is 5.11. The van der Waals surface area contributed by atoms with E-state index in [1.54, 1.807) is 64.6 Å². The Balaban J connectivity index is 0.00000481. The van der Waals surface area contributed by atoms with Gasteiger partial charge in [0.2, 0.25) is 0 Å². The zero-order chi connectivity index (χ0) is 25.9. The topological polar surface area (TPSA) is 131 Å². The zero-order valence-electron chi connectivity index (χ0n) is 21.0. The SMILES string of the molecule is CN=C(NC)c1cccc(NC(=O)Nc2ccc(NC(=O)Nc3cccc(C(=NC)NC)c3)cc2)c1.Cl. The van der Waals surface area contributed by atoms with Crippen molar-refractivity contribution in [2.24, 2.45) is 9.98 Å². The molecule has 11 heteroatoms. The number of halogens is 1. The van der Waals surface area contributed by atoms with Crippen LogP contribution in [0.2, 0.25) is 0 Å². The fraction of sp³-hybridized carbons (Fsp3) is 0.154. The first-order valence-electron chi connectivity index (χ1n) is 11.2. The predicted octanol–water partition coefficient (Wildman–Crippen LogP) is 4.59. The van der Waals surface area contributed by atoms with Crippen LogP contribution in [0.5, 0.6) is 0 Å². The molecular formula is C26H31ClN8O2. The first kappa shape index (κ1) is 28.7. The average molecular weight is 523 g/mol. The maximum absolute atomic E-state index is 12.4. The molecule has 0 saturated carbocycles. The lowest BCUT2D eigenvalue weighted by Crippen LogP contribution is -2.22. The molecule has 0 atom stereocenters. The summed E-state index contributed by atoms with van der Waals surface area (Å²) < 4.78 is 0. The smallest absolute Gasteiger partial charge is 0.323 e. The molecule has 0 unspecified atom stereocenters. The number of nitrogens with one attached hydrogen (secondary N) is 6. The maximum atomic E-state index is 12.4. The van der Waals surface area contributed by atoms with E-state index in [-0.39, 0.29) is 24.5 Å². The number of amidine groups is 2. The van der Waals surface area contributed by atoms with Crippen molar-refractivity contribution in [2.75, 3.05) is 49.5 Å². The van der Waals surface area contributed by atoms with Gasteiger partial charge in [-0.1, -0.05) is 24.3 Å². The van der Waals surface area contributed by atoms with Gasteiger partial charge in [-0.25, -0.2) is 9.59 Å². The Kier molecular flexibility index (Phi) is 10.9. The summed E-state index contributed by atoms with van der Waals surface area (Å²) in [7, 11) is 6.97. The van der Waals surface area contributed by atoms with Gasteiger partial charge in [-0.15, -0.1) is 12.4 Å². The van der Waals surface area contributed by atoms with Gasteiger partial charge in [-0.3, -0.25) is 9.98 Å². The van der Waals surface area contributed by atoms with Gasteiger partial charge >= 0.3 is 12.1 Å². The summed E-state index contributed by atoms with van der Waals surface area (Å²) in [4.78, 5) is 33.2. The fourth-order valence-corrected chi connectivity index (χ4v) is 3.48. The van der Waals surface area contributed by atoms with Crippen molar-refractivity contribution in [1.29, 1.82) is 0 Å². The number of amides is 4. The number of carbonyl (C=O) groups is 2. The Morgan fingerprint density at radius 2 is 0.919 bits per heavy atom. The van der Waals surface area contributed by atoms with Gasteiger partial charge in [0.25, 0.3) is 0 Å². The Bertz CT molecular complexity index is 1180. The summed E-state index contributed by atoms with van der Waals surface area (Å²) in [6.45, 7) is 0. The first-order valence-corrected chi connectivity index (χ1v) is 11.2. The molecule has 0 spiro atoms. The summed E-state index contributed by atoms with van der Waals surface area (Å²) >= 11 is 0. The minimum atomic E-state index is -0.388. The molecule has 0 aliphatic heterocycles. The minimum absolute atomic E-state index is 0. The summed E-state index contributed by atoms with van der Waals surface area (Å²) in [5.41, 5.74) is 4.14. The van der Waals surface area contributed by atoms with Crippen molar-refractivity contribution in [3.05, 3.63) is 83.9 Å². The summed E-state index contributed by atoms with van der Waals surface area (Å²) in [6.07, 6.45) is 0. The second-order valence-electron chi connectivity index (χ2n) is 7.54. The van der Waals surface area contributed by atoms with E-state index in [1.807, 2.05) is 36.4 Å². The van der Waals surface area contributed by atoms with E-state index in [0.29, 0.717) is 22.7 Å². The molecule has 37 heavy (non-hydrogen) atoms. The highest BCUT2D eigenvalue weighted by Crippen LogP contribution is 2.17. The van der Waals surface area contributed by atoms with Crippen LogP contribution in [0.15, 0.2) is 82.8 Å². The third-order valence-electron chi connectivity index (χ3n) is 5.11. The molecule has 6 N–H and O–H groups in total. The van der Waals surface area contributed by atoms with Crippen LogP contribution in [-0.2, 0) is 0 Å². The van der Waals surface area contributed by atoms with E-state index in [2.05, 4.69) is 41.9 Å². The van der Waals surface area contributed by atoms with Crippen molar-refractivity contribution < 1.29 is 9.59 Å². The average Bonchev–Trinajstić information content (AvgIpc) is 2.87. The monoisotopic (exact) mass is 522 g/mol. The summed E-state index contributed by atoms with van der Waals surface area (Å²) in [6, 6.07) is 20.8. The normalized spacial score (nSPS) is 11.0. The van der Waals surface area contributed by atoms with E-state index in [9.17, 15) is 9.59 Å². The van der Waals surface area contributed by atoms with Crippen LogP contribution in [0, 0.1) is 0 Å². The Hall–Kier alpha value is -4.57. The molecule has 3 aromatic rings. The second-order valence-corrected chi connectivity index (χ2v) is 7.54. The van der Waals surface area contributed by atoms with Gasteiger partial charge in [0.15, 0.2) is 0 Å². The molecule has 0 fully saturated rings. The minimum Gasteiger partial charge on any atom is -0.373 e. The quantitative estimate of drug-likeness (QED) is 0.209. The van der Waals surface area contributed by atoms with Crippen molar-refractivity contribution in [2.45, 2.75) is 0 Å². The second kappa shape index (κ2) is 14.1. The molecule has 0 saturated heterocycles. The lowest BCUT2D eigenvalue weighted by atomic mass is 10.2. The van der Waals surface area contributed by atoms with Gasteiger partial charge in [-0.05, 0) is 48.5 Å². The van der Waals surface area contributed by atoms with Crippen molar-refractivity contribution in [3.63, 3.8) is 0 Å². The highest BCUT2D eigenvalue weighted by atomic mass is 35.5.